The molecule has 0 amide bonds. The Kier molecular flexibility index (Phi) is 5.30. The van der Waals surface area contributed by atoms with Crippen LogP contribution in [-0.2, 0) is 16.6 Å². The van der Waals surface area contributed by atoms with Crippen molar-refractivity contribution >= 4 is 21.6 Å². The number of hydrogen-bond donors (Lipinski definition) is 1. The van der Waals surface area contributed by atoms with E-state index in [0.717, 1.165) is 18.4 Å². The number of benzene rings is 1. The molecule has 0 atom stereocenters. The van der Waals surface area contributed by atoms with Gasteiger partial charge in [0.2, 0.25) is 10.0 Å². The van der Waals surface area contributed by atoms with E-state index in [1.165, 1.54) is 0 Å². The van der Waals surface area contributed by atoms with Gasteiger partial charge in [-0.15, -0.1) is 0 Å². The van der Waals surface area contributed by atoms with E-state index in [1.807, 2.05) is 20.9 Å². The van der Waals surface area contributed by atoms with Gasteiger partial charge >= 0.3 is 0 Å². The smallest absolute Gasteiger partial charge is 0.243 e. The van der Waals surface area contributed by atoms with Crippen molar-refractivity contribution in [3.8, 4) is 0 Å². The van der Waals surface area contributed by atoms with Crippen molar-refractivity contribution < 1.29 is 8.42 Å². The Morgan fingerprint density at radius 2 is 2.05 bits per heavy atom. The highest BCUT2D eigenvalue weighted by molar-refractivity contribution is 7.89. The molecule has 1 fully saturated rings. The van der Waals surface area contributed by atoms with Gasteiger partial charge in [0.15, 0.2) is 0 Å². The molecule has 1 saturated carbocycles. The first-order chi connectivity index (χ1) is 9.86. The first-order valence-electron chi connectivity index (χ1n) is 7.31. The van der Waals surface area contributed by atoms with Gasteiger partial charge in [-0.3, -0.25) is 0 Å². The lowest BCUT2D eigenvalue weighted by molar-refractivity contribution is 0.360. The molecule has 0 aliphatic heterocycles. The van der Waals surface area contributed by atoms with Crippen LogP contribution in [0.5, 0.6) is 0 Å². The highest BCUT2D eigenvalue weighted by Crippen LogP contribution is 2.33. The Bertz CT molecular complexity index is 598. The third-order valence-corrected chi connectivity index (χ3v) is 5.76. The summed E-state index contributed by atoms with van der Waals surface area (Å²) in [5, 5.41) is 3.51. The number of hydrogen-bond acceptors (Lipinski definition) is 3. The molecule has 6 heteroatoms. The van der Waals surface area contributed by atoms with E-state index in [9.17, 15) is 8.42 Å². The molecule has 21 heavy (non-hydrogen) atoms. The molecule has 2 rings (SSSR count). The highest BCUT2D eigenvalue weighted by atomic mass is 35.5. The molecule has 0 bridgehead atoms. The third-order valence-electron chi connectivity index (χ3n) is 3.50. The van der Waals surface area contributed by atoms with Crippen LogP contribution in [0.1, 0.15) is 32.3 Å². The molecule has 0 saturated heterocycles. The van der Waals surface area contributed by atoms with Gasteiger partial charge in [-0.2, -0.15) is 4.31 Å². The molecule has 0 radical (unpaired) electrons. The zero-order valence-electron chi connectivity index (χ0n) is 12.8. The zero-order chi connectivity index (χ0) is 15.6. The minimum absolute atomic E-state index is 0.160. The van der Waals surface area contributed by atoms with Crippen molar-refractivity contribution in [2.75, 3.05) is 13.6 Å². The molecular formula is C15H23ClN2O2S. The maximum atomic E-state index is 12.8. The summed E-state index contributed by atoms with van der Waals surface area (Å²) in [7, 11) is -1.63. The van der Waals surface area contributed by atoms with Gasteiger partial charge in [0.25, 0.3) is 0 Å². The Morgan fingerprint density at radius 1 is 1.38 bits per heavy atom. The van der Waals surface area contributed by atoms with Crippen LogP contribution in [0.4, 0.5) is 0 Å². The molecule has 1 aliphatic carbocycles. The summed E-state index contributed by atoms with van der Waals surface area (Å²) >= 11 is 6.20. The summed E-state index contributed by atoms with van der Waals surface area (Å²) in [5.41, 5.74) is 0.903. The fraction of sp³-hybridized carbons (Fsp3) is 0.600. The second-order valence-electron chi connectivity index (χ2n) is 5.98. The van der Waals surface area contributed by atoms with E-state index in [0.29, 0.717) is 28.9 Å². The maximum Gasteiger partial charge on any atom is 0.243 e. The first kappa shape index (κ1) is 16.7. The van der Waals surface area contributed by atoms with Gasteiger partial charge in [-0.25, -0.2) is 8.42 Å². The number of nitrogens with one attached hydrogen (secondary N) is 1. The van der Waals surface area contributed by atoms with Crippen LogP contribution in [0.3, 0.4) is 0 Å². The van der Waals surface area contributed by atoms with Crippen molar-refractivity contribution in [1.29, 1.82) is 0 Å². The van der Waals surface area contributed by atoms with Crippen LogP contribution in [0.25, 0.3) is 0 Å². The number of halogens is 1. The standard InChI is InChI=1S/C15H23ClN2O2S/c1-11(2)10-18(13-5-6-13)21(19,20)14-7-4-12(9-17-3)15(16)8-14/h4,7-8,11,13,17H,5-6,9-10H2,1-3H3. The number of nitrogens with zero attached hydrogens (tertiary/aromatic N) is 1. The molecule has 1 aromatic rings. The zero-order valence-corrected chi connectivity index (χ0v) is 14.3. The van der Waals surface area contributed by atoms with Crippen molar-refractivity contribution in [2.24, 2.45) is 5.92 Å². The molecule has 0 unspecified atom stereocenters. The van der Waals surface area contributed by atoms with Crippen LogP contribution in [0.15, 0.2) is 23.1 Å². The van der Waals surface area contributed by atoms with Gasteiger partial charge in [0.05, 0.1) is 4.90 Å². The number of rotatable bonds is 7. The van der Waals surface area contributed by atoms with Gasteiger partial charge in [0.1, 0.15) is 0 Å². The predicted molar refractivity (Wildman–Crippen MR) is 86.0 cm³/mol. The normalized spacial score (nSPS) is 15.9. The predicted octanol–water partition coefficient (Wildman–Crippen LogP) is 2.87. The van der Waals surface area contributed by atoms with E-state index < -0.39 is 10.0 Å². The van der Waals surface area contributed by atoms with E-state index in [-0.39, 0.29) is 6.04 Å². The molecule has 0 heterocycles. The summed E-state index contributed by atoms with van der Waals surface area (Å²) in [4.78, 5) is 0.292. The average Bonchev–Trinajstić information content (AvgIpc) is 3.22. The molecule has 0 spiro atoms. The lowest BCUT2D eigenvalue weighted by Crippen LogP contribution is -2.36. The van der Waals surface area contributed by atoms with E-state index in [2.05, 4.69) is 5.32 Å². The van der Waals surface area contributed by atoms with Crippen molar-refractivity contribution in [1.82, 2.24) is 9.62 Å². The summed E-state index contributed by atoms with van der Waals surface area (Å²) in [6.45, 7) is 5.25. The molecular weight excluding hydrogens is 308 g/mol. The van der Waals surface area contributed by atoms with E-state index in [4.69, 9.17) is 11.6 Å². The largest absolute Gasteiger partial charge is 0.316 e. The summed E-state index contributed by atoms with van der Waals surface area (Å²) in [6, 6.07) is 5.17. The van der Waals surface area contributed by atoms with Gasteiger partial charge in [0, 0.05) is 24.2 Å². The molecule has 1 aromatic carbocycles. The molecule has 1 aliphatic rings. The minimum atomic E-state index is -3.46. The third kappa shape index (κ3) is 3.97. The van der Waals surface area contributed by atoms with E-state index in [1.54, 1.807) is 22.5 Å². The lowest BCUT2D eigenvalue weighted by atomic mass is 10.2. The topological polar surface area (TPSA) is 49.4 Å². The van der Waals surface area contributed by atoms with E-state index >= 15 is 0 Å². The Hall–Kier alpha value is -0.620. The van der Waals surface area contributed by atoms with Crippen LogP contribution in [-0.4, -0.2) is 32.4 Å². The number of sulfonamides is 1. The summed E-state index contributed by atoms with van der Waals surface area (Å²) < 4.78 is 27.3. The fourth-order valence-corrected chi connectivity index (χ4v) is 4.51. The fourth-order valence-electron chi connectivity index (χ4n) is 2.32. The monoisotopic (exact) mass is 330 g/mol. The maximum absolute atomic E-state index is 12.8. The highest BCUT2D eigenvalue weighted by Gasteiger charge is 2.38. The summed E-state index contributed by atoms with van der Waals surface area (Å²) in [6.07, 6.45) is 1.91. The van der Waals surface area contributed by atoms with Crippen molar-refractivity contribution in [2.45, 2.75) is 44.2 Å². The molecule has 0 aromatic heterocycles. The van der Waals surface area contributed by atoms with Crippen LogP contribution in [0.2, 0.25) is 5.02 Å². The lowest BCUT2D eigenvalue weighted by Gasteiger charge is -2.24. The molecule has 118 valence electrons. The Morgan fingerprint density at radius 3 is 2.52 bits per heavy atom. The Labute approximate surface area is 132 Å². The second kappa shape index (κ2) is 6.65. The SMILES string of the molecule is CNCc1ccc(S(=O)(=O)N(CC(C)C)C2CC2)cc1Cl. The molecule has 1 N–H and O–H groups in total. The van der Waals surface area contributed by atoms with Crippen LogP contribution >= 0.6 is 11.6 Å². The summed E-state index contributed by atoms with van der Waals surface area (Å²) in [5.74, 6) is 0.305. The van der Waals surface area contributed by atoms with Gasteiger partial charge in [-0.1, -0.05) is 31.5 Å². The minimum Gasteiger partial charge on any atom is -0.316 e. The second-order valence-corrected chi connectivity index (χ2v) is 8.28. The van der Waals surface area contributed by atoms with Gasteiger partial charge in [-0.05, 0) is 43.5 Å². The molecule has 4 nitrogen and oxygen atoms in total. The van der Waals surface area contributed by atoms with Crippen LogP contribution < -0.4 is 5.32 Å². The van der Waals surface area contributed by atoms with Gasteiger partial charge < -0.3 is 5.32 Å². The Balaban J connectivity index is 2.31. The van der Waals surface area contributed by atoms with Crippen molar-refractivity contribution in [3.63, 3.8) is 0 Å². The van der Waals surface area contributed by atoms with Crippen molar-refractivity contribution in [3.05, 3.63) is 28.8 Å². The van der Waals surface area contributed by atoms with Crippen LogP contribution in [0, 0.1) is 5.92 Å². The first-order valence-corrected chi connectivity index (χ1v) is 9.13. The average molecular weight is 331 g/mol. The quantitative estimate of drug-likeness (QED) is 0.836.